The Labute approximate surface area is 171 Å². The fourth-order valence-corrected chi connectivity index (χ4v) is 7.44. The molecule has 29 heavy (non-hydrogen) atoms. The summed E-state index contributed by atoms with van der Waals surface area (Å²) < 4.78 is 35.1. The molecule has 0 radical (unpaired) electrons. The van der Waals surface area contributed by atoms with Crippen LogP contribution in [0.3, 0.4) is 0 Å². The first kappa shape index (κ1) is 20.4. The van der Waals surface area contributed by atoms with Crippen molar-refractivity contribution in [2.45, 2.75) is 65.5 Å². The van der Waals surface area contributed by atoms with E-state index in [2.05, 4.69) is 18.6 Å². The molecule has 4 bridgehead atoms. The molecule has 2 atom stereocenters. The average Bonchev–Trinajstić information content (AvgIpc) is 2.57. The third-order valence-electron chi connectivity index (χ3n) is 7.29. The standard InChI is InChI=1S/C23H31F2NO3/c1-21-8-16-9-22(2,12-21)14-23(10-16,13-21)19(27)26(3)11-15-5-6-17(28-4)18(7-15)29-20(24)25/h5-7,16,20H,8-14H2,1-4H3. The summed E-state index contributed by atoms with van der Waals surface area (Å²) in [5.41, 5.74) is 1.01. The number of halogens is 2. The highest BCUT2D eigenvalue weighted by Crippen LogP contribution is 2.69. The molecule has 1 aromatic carbocycles. The number of methoxy groups -OCH3 is 1. The lowest BCUT2D eigenvalue weighted by molar-refractivity contribution is -0.178. The second kappa shape index (κ2) is 6.85. The molecule has 4 fully saturated rings. The van der Waals surface area contributed by atoms with Crippen molar-refractivity contribution in [3.8, 4) is 11.5 Å². The van der Waals surface area contributed by atoms with Crippen molar-refractivity contribution in [3.05, 3.63) is 23.8 Å². The van der Waals surface area contributed by atoms with Gasteiger partial charge in [-0.15, -0.1) is 0 Å². The van der Waals surface area contributed by atoms with Gasteiger partial charge in [0, 0.05) is 13.6 Å². The molecule has 0 N–H and O–H groups in total. The van der Waals surface area contributed by atoms with E-state index in [-0.39, 0.29) is 33.7 Å². The minimum Gasteiger partial charge on any atom is -0.493 e. The van der Waals surface area contributed by atoms with Crippen LogP contribution in [0.25, 0.3) is 0 Å². The first-order chi connectivity index (χ1) is 13.6. The van der Waals surface area contributed by atoms with Gasteiger partial charge in [-0.25, -0.2) is 0 Å². The second-order valence-electron chi connectivity index (χ2n) is 10.4. The molecule has 5 rings (SSSR count). The molecule has 6 heteroatoms. The van der Waals surface area contributed by atoms with Gasteiger partial charge in [0.2, 0.25) is 5.91 Å². The Hall–Kier alpha value is -1.85. The van der Waals surface area contributed by atoms with E-state index in [1.54, 1.807) is 17.0 Å². The summed E-state index contributed by atoms with van der Waals surface area (Å²) in [5.74, 6) is 1.09. The minimum absolute atomic E-state index is 0.00400. The van der Waals surface area contributed by atoms with Gasteiger partial charge in [-0.1, -0.05) is 19.9 Å². The zero-order chi connectivity index (χ0) is 21.0. The van der Waals surface area contributed by atoms with Crippen molar-refractivity contribution >= 4 is 5.91 Å². The SMILES string of the molecule is COc1ccc(CN(C)C(=O)C23CC4CC(C)(CC(C)(C4)C2)C3)cc1OC(F)F. The zero-order valence-electron chi connectivity index (χ0n) is 17.8. The highest BCUT2D eigenvalue weighted by Gasteiger charge is 2.63. The summed E-state index contributed by atoms with van der Waals surface area (Å²) >= 11 is 0. The quantitative estimate of drug-likeness (QED) is 0.646. The molecule has 0 aliphatic heterocycles. The molecule has 1 aromatic rings. The molecule has 0 saturated heterocycles. The molecule has 160 valence electrons. The van der Waals surface area contributed by atoms with Crippen molar-refractivity contribution in [3.63, 3.8) is 0 Å². The number of alkyl halides is 2. The normalized spacial score (nSPS) is 35.1. The number of ether oxygens (including phenoxy) is 2. The first-order valence-corrected chi connectivity index (χ1v) is 10.4. The zero-order valence-corrected chi connectivity index (χ0v) is 17.8. The van der Waals surface area contributed by atoms with E-state index in [0.717, 1.165) is 24.8 Å². The number of carbonyl (C=O) groups excluding carboxylic acids is 1. The smallest absolute Gasteiger partial charge is 0.387 e. The third kappa shape index (κ3) is 3.71. The van der Waals surface area contributed by atoms with Crippen molar-refractivity contribution in [1.29, 1.82) is 0 Å². The third-order valence-corrected chi connectivity index (χ3v) is 7.29. The van der Waals surface area contributed by atoms with Gasteiger partial charge in [-0.05, 0) is 73.0 Å². The number of carbonyl (C=O) groups is 1. The van der Waals surface area contributed by atoms with Gasteiger partial charge in [-0.2, -0.15) is 8.78 Å². The summed E-state index contributed by atoms with van der Waals surface area (Å²) in [5, 5.41) is 0. The minimum atomic E-state index is -2.92. The highest BCUT2D eigenvalue weighted by molar-refractivity contribution is 5.83. The van der Waals surface area contributed by atoms with Gasteiger partial charge in [0.25, 0.3) is 0 Å². The van der Waals surface area contributed by atoms with E-state index in [0.29, 0.717) is 12.5 Å². The second-order valence-corrected chi connectivity index (χ2v) is 10.4. The number of hydrogen-bond donors (Lipinski definition) is 0. The van der Waals surface area contributed by atoms with Crippen molar-refractivity contribution in [2.24, 2.45) is 22.2 Å². The number of amides is 1. The van der Waals surface area contributed by atoms with E-state index >= 15 is 0 Å². The van der Waals surface area contributed by atoms with Crippen LogP contribution in [0.15, 0.2) is 18.2 Å². The topological polar surface area (TPSA) is 38.8 Å². The Kier molecular flexibility index (Phi) is 4.82. The molecular formula is C23H31F2NO3. The van der Waals surface area contributed by atoms with Gasteiger partial charge in [0.1, 0.15) is 0 Å². The predicted molar refractivity (Wildman–Crippen MR) is 106 cm³/mol. The van der Waals surface area contributed by atoms with Crippen LogP contribution in [0, 0.1) is 22.2 Å². The molecule has 1 amide bonds. The van der Waals surface area contributed by atoms with Gasteiger partial charge >= 0.3 is 6.61 Å². The summed E-state index contributed by atoms with van der Waals surface area (Å²) in [6.45, 7) is 2.15. The van der Waals surface area contributed by atoms with Gasteiger partial charge in [0.15, 0.2) is 11.5 Å². The Morgan fingerprint density at radius 1 is 1.14 bits per heavy atom. The largest absolute Gasteiger partial charge is 0.493 e. The Balaban J connectivity index is 1.53. The number of hydrogen-bond acceptors (Lipinski definition) is 3. The maximum atomic E-state index is 13.6. The van der Waals surface area contributed by atoms with Gasteiger partial charge in [-0.3, -0.25) is 4.79 Å². The number of nitrogens with zero attached hydrogens (tertiary/aromatic N) is 1. The van der Waals surface area contributed by atoms with E-state index in [1.807, 2.05) is 7.05 Å². The molecule has 4 saturated carbocycles. The van der Waals surface area contributed by atoms with Crippen molar-refractivity contribution in [1.82, 2.24) is 4.90 Å². The monoisotopic (exact) mass is 407 g/mol. The van der Waals surface area contributed by atoms with Gasteiger partial charge in [0.05, 0.1) is 12.5 Å². The molecule has 4 aliphatic rings. The van der Waals surface area contributed by atoms with E-state index in [4.69, 9.17) is 4.74 Å². The van der Waals surface area contributed by atoms with Crippen LogP contribution in [0.2, 0.25) is 0 Å². The predicted octanol–water partition coefficient (Wildman–Crippen LogP) is 5.25. The lowest BCUT2D eigenvalue weighted by atomic mass is 9.40. The molecule has 4 aliphatic carbocycles. The lowest BCUT2D eigenvalue weighted by Gasteiger charge is -2.65. The summed E-state index contributed by atoms with van der Waals surface area (Å²) in [4.78, 5) is 15.4. The van der Waals surface area contributed by atoms with Crippen LogP contribution >= 0.6 is 0 Å². The molecule has 0 spiro atoms. The molecular weight excluding hydrogens is 376 g/mol. The summed E-state index contributed by atoms with van der Waals surface area (Å²) in [7, 11) is 3.24. The van der Waals surface area contributed by atoms with Crippen LogP contribution in [-0.2, 0) is 11.3 Å². The van der Waals surface area contributed by atoms with E-state index in [9.17, 15) is 13.6 Å². The van der Waals surface area contributed by atoms with Crippen LogP contribution in [0.1, 0.15) is 57.9 Å². The fraction of sp³-hybridized carbons (Fsp3) is 0.696. The number of rotatable bonds is 6. The first-order valence-electron chi connectivity index (χ1n) is 10.4. The Morgan fingerprint density at radius 2 is 1.79 bits per heavy atom. The number of benzene rings is 1. The molecule has 4 nitrogen and oxygen atoms in total. The van der Waals surface area contributed by atoms with Crippen LogP contribution in [0.5, 0.6) is 11.5 Å². The average molecular weight is 408 g/mol. The van der Waals surface area contributed by atoms with E-state index in [1.165, 1.54) is 32.4 Å². The van der Waals surface area contributed by atoms with Crippen LogP contribution in [-0.4, -0.2) is 31.6 Å². The van der Waals surface area contributed by atoms with Crippen molar-refractivity contribution < 1.29 is 23.0 Å². The van der Waals surface area contributed by atoms with E-state index < -0.39 is 6.61 Å². The summed E-state index contributed by atoms with van der Waals surface area (Å²) in [6, 6.07) is 4.94. The lowest BCUT2D eigenvalue weighted by Crippen LogP contribution is -2.59. The molecule has 2 unspecified atom stereocenters. The highest BCUT2D eigenvalue weighted by atomic mass is 19.3. The maximum Gasteiger partial charge on any atom is 0.387 e. The fourth-order valence-electron chi connectivity index (χ4n) is 7.44. The maximum absolute atomic E-state index is 13.6. The Morgan fingerprint density at radius 3 is 2.34 bits per heavy atom. The molecule has 0 heterocycles. The van der Waals surface area contributed by atoms with Crippen molar-refractivity contribution in [2.75, 3.05) is 14.2 Å². The van der Waals surface area contributed by atoms with Crippen LogP contribution in [0.4, 0.5) is 8.78 Å². The summed E-state index contributed by atoms with van der Waals surface area (Å²) in [6.07, 6.45) is 6.64. The van der Waals surface area contributed by atoms with Crippen LogP contribution < -0.4 is 9.47 Å². The Bertz CT molecular complexity index is 793. The molecule has 0 aromatic heterocycles. The van der Waals surface area contributed by atoms with Gasteiger partial charge < -0.3 is 14.4 Å².